The van der Waals surface area contributed by atoms with Gasteiger partial charge in [0, 0.05) is 0 Å². The van der Waals surface area contributed by atoms with Crippen molar-refractivity contribution in [2.45, 2.75) is 44.6 Å². The average molecular weight is 262 g/mol. The fraction of sp³-hybridized carbons (Fsp3) is 0.538. The van der Waals surface area contributed by atoms with Gasteiger partial charge in [0.2, 0.25) is 0 Å². The van der Waals surface area contributed by atoms with E-state index in [9.17, 15) is 10.2 Å². The molecule has 0 spiro atoms. The molecule has 1 heterocycles. The summed E-state index contributed by atoms with van der Waals surface area (Å²) in [5, 5.41) is 19.7. The Kier molecular flexibility index (Phi) is 3.34. The first-order valence-electron chi connectivity index (χ1n) is 6.44. The maximum Gasteiger partial charge on any atom is 0.495 e. The molecule has 1 saturated heterocycles. The van der Waals surface area contributed by atoms with Crippen molar-refractivity contribution in [3.8, 4) is 0 Å². The molecule has 0 unspecified atom stereocenters. The number of benzene rings is 1. The van der Waals surface area contributed by atoms with Crippen LogP contribution in [0.1, 0.15) is 33.3 Å². The van der Waals surface area contributed by atoms with Crippen molar-refractivity contribution in [2.75, 3.05) is 0 Å². The predicted molar refractivity (Wildman–Crippen MR) is 76.8 cm³/mol. The first-order valence-corrected chi connectivity index (χ1v) is 6.44. The maximum absolute atomic E-state index is 9.83. The highest BCUT2D eigenvalue weighted by molar-refractivity contribution is 6.62. The van der Waals surface area contributed by atoms with E-state index in [1.807, 2.05) is 33.8 Å². The van der Waals surface area contributed by atoms with E-state index >= 15 is 0 Å². The summed E-state index contributed by atoms with van der Waals surface area (Å²) in [6, 6.07) is 7.05. The summed E-state index contributed by atoms with van der Waals surface area (Å²) in [5.74, 6) is 0. The Labute approximate surface area is 115 Å². The van der Waals surface area contributed by atoms with Gasteiger partial charge >= 0.3 is 7.12 Å². The van der Waals surface area contributed by atoms with Gasteiger partial charge in [0.1, 0.15) is 5.69 Å². The molecule has 0 radical (unpaired) electrons. The first kappa shape index (κ1) is 14.6. The van der Waals surface area contributed by atoms with Crippen LogP contribution < -0.4 is 5.46 Å². The van der Waals surface area contributed by atoms with E-state index in [0.717, 1.165) is 0 Å². The van der Waals surface area contributed by atoms with Crippen LogP contribution in [0.25, 0.3) is 0 Å². The zero-order valence-electron chi connectivity index (χ0n) is 12.1. The van der Waals surface area contributed by atoms with E-state index in [-0.39, 0.29) is 0 Å². The van der Waals surface area contributed by atoms with Gasteiger partial charge in [-0.05, 0) is 38.7 Å². The molecule has 0 bridgehead atoms. The monoisotopic (exact) mass is 262 g/mol. The number of rotatable bonds is 2. The minimum absolute atomic E-state index is 0.397. The number of hydrogen-bond acceptors (Lipinski definition) is 4. The summed E-state index contributed by atoms with van der Waals surface area (Å²) in [5.41, 5.74) is -1.78. The highest BCUT2D eigenvalue weighted by Crippen LogP contribution is 2.37. The highest BCUT2D eigenvalue weighted by Gasteiger charge is 2.52. The molecule has 0 atom stereocenters. The summed E-state index contributed by atoms with van der Waals surface area (Å²) >= 11 is 0. The van der Waals surface area contributed by atoms with Gasteiger partial charge < -0.3 is 19.5 Å². The zero-order valence-corrected chi connectivity index (χ0v) is 12.1. The Bertz CT molecular complexity index is 464. The van der Waals surface area contributed by atoms with Crippen LogP contribution >= 0.6 is 0 Å². The molecular weight excluding hydrogens is 242 g/mol. The van der Waals surface area contributed by atoms with Gasteiger partial charge in [-0.3, -0.25) is 0 Å². The second kappa shape index (κ2) is 4.35. The van der Waals surface area contributed by atoms with E-state index in [1.165, 1.54) is 7.85 Å². The Morgan fingerprint density at radius 1 is 1.05 bits per heavy atom. The molecular formula is C13H20B2O4. The van der Waals surface area contributed by atoms with Gasteiger partial charge in [0.15, 0.2) is 7.85 Å². The van der Waals surface area contributed by atoms with Crippen molar-refractivity contribution in [3.05, 3.63) is 29.8 Å². The molecule has 1 aromatic carbocycles. The summed E-state index contributed by atoms with van der Waals surface area (Å²) < 4.78 is 11.9. The van der Waals surface area contributed by atoms with E-state index in [4.69, 9.17) is 9.31 Å². The molecule has 102 valence electrons. The van der Waals surface area contributed by atoms with Crippen molar-refractivity contribution in [1.82, 2.24) is 0 Å². The molecule has 1 fully saturated rings. The first-order chi connectivity index (χ1) is 8.55. The standard InChI is InChI=1S/C13H20B2O4/c1-11(2)12(3,4)19-15(18-11)10-8-6-5-7-9(10)13(14,16)17/h5-8,16-17H,14H2,1-4H3. The molecule has 6 heteroatoms. The lowest BCUT2D eigenvalue weighted by molar-refractivity contribution is -0.0904. The Hall–Kier alpha value is -0.810. The van der Waals surface area contributed by atoms with Crippen LogP contribution in [0.2, 0.25) is 0 Å². The van der Waals surface area contributed by atoms with Crippen molar-refractivity contribution in [1.29, 1.82) is 0 Å². The van der Waals surface area contributed by atoms with Crippen LogP contribution in [0.4, 0.5) is 0 Å². The highest BCUT2D eigenvalue weighted by atomic mass is 16.7. The number of aliphatic hydroxyl groups is 2. The van der Waals surface area contributed by atoms with Gasteiger partial charge in [0.05, 0.1) is 11.2 Å². The summed E-state index contributed by atoms with van der Waals surface area (Å²) in [6.07, 6.45) is 0. The van der Waals surface area contributed by atoms with E-state index in [0.29, 0.717) is 11.0 Å². The van der Waals surface area contributed by atoms with Crippen LogP contribution in [-0.2, 0) is 15.0 Å². The van der Waals surface area contributed by atoms with Crippen LogP contribution in [0.15, 0.2) is 24.3 Å². The fourth-order valence-corrected chi connectivity index (χ4v) is 2.10. The van der Waals surface area contributed by atoms with Gasteiger partial charge in [-0.2, -0.15) is 0 Å². The average Bonchev–Trinajstić information content (AvgIpc) is 2.47. The molecule has 0 aliphatic carbocycles. The lowest BCUT2D eigenvalue weighted by Gasteiger charge is -2.32. The molecule has 2 N–H and O–H groups in total. The summed E-state index contributed by atoms with van der Waals surface area (Å²) in [7, 11) is 0.733. The molecule has 1 aliphatic rings. The van der Waals surface area contributed by atoms with Gasteiger partial charge in [-0.25, -0.2) is 0 Å². The molecule has 0 aromatic heterocycles. The smallest absolute Gasteiger partial charge is 0.399 e. The lowest BCUT2D eigenvalue weighted by atomic mass is 9.71. The third-order valence-corrected chi connectivity index (χ3v) is 3.98. The van der Waals surface area contributed by atoms with E-state index in [1.54, 1.807) is 18.2 Å². The molecule has 1 aromatic rings. The second-order valence-electron chi connectivity index (χ2n) is 6.20. The van der Waals surface area contributed by atoms with Crippen molar-refractivity contribution >= 4 is 20.4 Å². The van der Waals surface area contributed by atoms with Gasteiger partial charge in [-0.15, -0.1) is 0 Å². The summed E-state index contributed by atoms with van der Waals surface area (Å²) in [6.45, 7) is 7.86. The molecule has 19 heavy (non-hydrogen) atoms. The molecule has 1 aliphatic heterocycles. The normalized spacial score (nSPS) is 21.7. The third kappa shape index (κ3) is 2.58. The Morgan fingerprint density at radius 2 is 1.53 bits per heavy atom. The van der Waals surface area contributed by atoms with Crippen LogP contribution in [0, 0.1) is 0 Å². The minimum Gasteiger partial charge on any atom is -0.399 e. The molecule has 2 rings (SSSR count). The quantitative estimate of drug-likeness (QED) is 0.568. The predicted octanol–water partition coefficient (Wildman–Crippen LogP) is -0.286. The van der Waals surface area contributed by atoms with E-state index < -0.39 is 24.0 Å². The maximum atomic E-state index is 9.83. The Balaban J connectivity index is 2.41. The third-order valence-electron chi connectivity index (χ3n) is 3.98. The van der Waals surface area contributed by atoms with Crippen molar-refractivity contribution < 1.29 is 19.5 Å². The largest absolute Gasteiger partial charge is 0.495 e. The van der Waals surface area contributed by atoms with Crippen LogP contribution in [-0.4, -0.2) is 36.4 Å². The molecule has 0 saturated carbocycles. The summed E-state index contributed by atoms with van der Waals surface area (Å²) in [4.78, 5) is 0. The van der Waals surface area contributed by atoms with Crippen molar-refractivity contribution in [2.24, 2.45) is 0 Å². The fourth-order valence-electron chi connectivity index (χ4n) is 2.10. The zero-order chi connectivity index (χ0) is 14.5. The van der Waals surface area contributed by atoms with Gasteiger partial charge in [0.25, 0.3) is 0 Å². The SMILES string of the molecule is BC(O)(O)c1ccccc1B1OC(C)(C)C(C)(C)O1. The van der Waals surface area contributed by atoms with Crippen LogP contribution in [0.5, 0.6) is 0 Å². The topological polar surface area (TPSA) is 58.9 Å². The van der Waals surface area contributed by atoms with Crippen molar-refractivity contribution in [3.63, 3.8) is 0 Å². The second-order valence-corrected chi connectivity index (χ2v) is 6.20. The lowest BCUT2D eigenvalue weighted by Crippen LogP contribution is -2.42. The molecule has 4 nitrogen and oxygen atoms in total. The molecule has 0 amide bonds. The minimum atomic E-state index is -1.92. The van der Waals surface area contributed by atoms with Crippen LogP contribution in [0.3, 0.4) is 0 Å². The van der Waals surface area contributed by atoms with E-state index in [2.05, 4.69) is 0 Å². The van der Waals surface area contributed by atoms with Gasteiger partial charge in [-0.1, -0.05) is 24.3 Å². The Morgan fingerprint density at radius 3 is 2.00 bits per heavy atom. The number of hydrogen-bond donors (Lipinski definition) is 2.